The number of fused-ring (bicyclic) bond motifs is 3. The van der Waals surface area contributed by atoms with Gasteiger partial charge < -0.3 is 9.47 Å². The average molecular weight is 579 g/mol. The van der Waals surface area contributed by atoms with Crippen LogP contribution < -0.4 is 0 Å². The zero-order chi connectivity index (χ0) is 28.5. The molecule has 8 heteroatoms. The van der Waals surface area contributed by atoms with E-state index in [9.17, 15) is 8.42 Å². The highest BCUT2D eigenvalue weighted by atomic mass is 32.2. The van der Waals surface area contributed by atoms with Gasteiger partial charge in [-0.1, -0.05) is 13.8 Å². The topological polar surface area (TPSA) is 58.4 Å². The Bertz CT molecular complexity index is 1520. The minimum Gasteiger partial charge on any atom is -0.321 e. The molecule has 1 saturated carbocycles. The zero-order valence-electron chi connectivity index (χ0n) is 24.6. The normalized spacial score (nSPS) is 26.4. The van der Waals surface area contributed by atoms with Crippen molar-refractivity contribution >= 4 is 20.9 Å². The molecule has 41 heavy (non-hydrogen) atoms. The fourth-order valence-electron chi connectivity index (χ4n) is 8.03. The monoisotopic (exact) mass is 578 g/mol. The Kier molecular flexibility index (Phi) is 7.02. The lowest BCUT2D eigenvalue weighted by Gasteiger charge is -2.46. The molecule has 0 spiro atoms. The maximum absolute atomic E-state index is 15.6. The molecule has 1 aliphatic carbocycles. The van der Waals surface area contributed by atoms with Gasteiger partial charge in [-0.25, -0.2) is 17.8 Å². The van der Waals surface area contributed by atoms with Gasteiger partial charge in [-0.3, -0.25) is 4.90 Å². The molecule has 0 amide bonds. The molecule has 220 valence electrons. The van der Waals surface area contributed by atoms with Crippen LogP contribution in [0.3, 0.4) is 0 Å². The highest BCUT2D eigenvalue weighted by Crippen LogP contribution is 2.44. The zero-order valence-corrected chi connectivity index (χ0v) is 25.4. The highest BCUT2D eigenvalue weighted by Gasteiger charge is 2.43. The van der Waals surface area contributed by atoms with E-state index in [1.54, 1.807) is 30.3 Å². The smallest absolute Gasteiger partial charge is 0.175 e. The number of halogens is 1. The molecule has 7 rings (SSSR count). The molecule has 2 atom stereocenters. The van der Waals surface area contributed by atoms with E-state index in [2.05, 4.69) is 34.3 Å². The summed E-state index contributed by atoms with van der Waals surface area (Å²) in [6.45, 7) is 8.11. The van der Waals surface area contributed by atoms with Crippen LogP contribution in [-0.2, 0) is 9.84 Å². The van der Waals surface area contributed by atoms with Gasteiger partial charge in [0.25, 0.3) is 0 Å². The van der Waals surface area contributed by atoms with E-state index in [0.717, 1.165) is 79.2 Å². The van der Waals surface area contributed by atoms with Crippen molar-refractivity contribution < 1.29 is 12.8 Å². The van der Waals surface area contributed by atoms with Crippen LogP contribution in [0.4, 0.5) is 4.39 Å². The molecular weight excluding hydrogens is 535 g/mol. The van der Waals surface area contributed by atoms with E-state index in [1.165, 1.54) is 38.5 Å². The Hall–Kier alpha value is -2.29. The number of nitrogens with zero attached hydrogens (tertiary/aromatic N) is 4. The molecule has 4 aliphatic rings. The Morgan fingerprint density at radius 3 is 2.12 bits per heavy atom. The predicted octanol–water partition coefficient (Wildman–Crippen LogP) is 6.41. The minimum absolute atomic E-state index is 0.248. The lowest BCUT2D eigenvalue weighted by atomic mass is 9.86. The third-order valence-electron chi connectivity index (χ3n) is 10.2. The molecular formula is C33H43FN4O2S. The number of piperidine rings is 2. The molecule has 3 aliphatic heterocycles. The Balaban J connectivity index is 1.10. The van der Waals surface area contributed by atoms with Gasteiger partial charge in [0.1, 0.15) is 11.3 Å². The van der Waals surface area contributed by atoms with E-state index >= 15 is 4.39 Å². The summed E-state index contributed by atoms with van der Waals surface area (Å²) in [5.74, 6) is 1.58. The SMILES string of the molecule is CC(C)CN1C2CCC1CC(N1CCC(c3cc(F)c4nc(-c5ccc(S(C)(=O)=O)cc5)n(C5CC5)c4c3)CC1)C2. The fourth-order valence-corrected chi connectivity index (χ4v) is 8.66. The molecule has 2 aromatic carbocycles. The molecule has 2 unspecified atom stereocenters. The maximum Gasteiger partial charge on any atom is 0.175 e. The van der Waals surface area contributed by atoms with Crippen LogP contribution in [0.25, 0.3) is 22.4 Å². The van der Waals surface area contributed by atoms with Crippen LogP contribution in [-0.4, -0.2) is 71.8 Å². The van der Waals surface area contributed by atoms with E-state index < -0.39 is 9.84 Å². The van der Waals surface area contributed by atoms with Gasteiger partial charge in [-0.2, -0.15) is 0 Å². The third-order valence-corrected chi connectivity index (χ3v) is 11.3. The summed E-state index contributed by atoms with van der Waals surface area (Å²) < 4.78 is 41.7. The van der Waals surface area contributed by atoms with Crippen molar-refractivity contribution in [3.8, 4) is 11.4 Å². The van der Waals surface area contributed by atoms with Crippen molar-refractivity contribution in [3.63, 3.8) is 0 Å². The number of benzene rings is 2. The molecule has 3 saturated heterocycles. The van der Waals surface area contributed by atoms with Gasteiger partial charge in [-0.15, -0.1) is 0 Å². The number of likely N-dealkylation sites (tertiary alicyclic amines) is 1. The van der Waals surface area contributed by atoms with Crippen LogP contribution in [0, 0.1) is 11.7 Å². The van der Waals surface area contributed by atoms with Crippen LogP contribution in [0.5, 0.6) is 0 Å². The fraction of sp³-hybridized carbons (Fsp3) is 0.606. The second-order valence-corrected chi connectivity index (χ2v) is 15.6. The first-order chi connectivity index (χ1) is 19.7. The number of imidazole rings is 1. The van der Waals surface area contributed by atoms with E-state index in [4.69, 9.17) is 4.98 Å². The van der Waals surface area contributed by atoms with E-state index in [1.807, 2.05) is 0 Å². The summed E-state index contributed by atoms with van der Waals surface area (Å²) in [6.07, 6.45) is 10.8. The summed E-state index contributed by atoms with van der Waals surface area (Å²) in [6, 6.07) is 13.3. The van der Waals surface area contributed by atoms with Gasteiger partial charge in [0.05, 0.1) is 10.4 Å². The summed E-state index contributed by atoms with van der Waals surface area (Å²) in [5, 5.41) is 0. The number of sulfone groups is 1. The number of aromatic nitrogens is 2. The first kappa shape index (κ1) is 27.5. The van der Waals surface area contributed by atoms with Crippen molar-refractivity contribution in [1.82, 2.24) is 19.4 Å². The standard InChI is InChI=1S/C33H43FN4O2S/c1-21(2)20-37-26-8-9-27(37)19-28(18-26)36-14-12-22(13-15-36)24-16-30(34)32-31(17-24)38(25-6-7-25)33(35-32)23-4-10-29(11-5-23)41(3,39)40/h4-5,10-11,16-17,21-22,25-28H,6-9,12-15,18-20H2,1-3H3. The minimum atomic E-state index is -3.28. The molecule has 6 nitrogen and oxygen atoms in total. The average Bonchev–Trinajstić information content (AvgIpc) is 3.67. The molecule has 2 bridgehead atoms. The Morgan fingerprint density at radius 2 is 1.54 bits per heavy atom. The van der Waals surface area contributed by atoms with Crippen molar-refractivity contribution in [3.05, 3.63) is 47.8 Å². The lowest BCUT2D eigenvalue weighted by Crippen LogP contribution is -2.52. The van der Waals surface area contributed by atoms with Crippen LogP contribution in [0.15, 0.2) is 41.3 Å². The van der Waals surface area contributed by atoms with Gasteiger partial charge >= 0.3 is 0 Å². The van der Waals surface area contributed by atoms with Crippen molar-refractivity contribution in [1.29, 1.82) is 0 Å². The second kappa shape index (κ2) is 10.5. The van der Waals surface area contributed by atoms with Gasteiger partial charge in [0.15, 0.2) is 15.7 Å². The molecule has 3 aromatic rings. The first-order valence-corrected chi connectivity index (χ1v) is 17.6. The van der Waals surface area contributed by atoms with Crippen molar-refractivity contribution in [2.45, 2.75) is 100 Å². The quantitative estimate of drug-likeness (QED) is 0.324. The van der Waals surface area contributed by atoms with Crippen LogP contribution >= 0.6 is 0 Å². The predicted molar refractivity (Wildman–Crippen MR) is 161 cm³/mol. The maximum atomic E-state index is 15.6. The summed E-state index contributed by atoms with van der Waals surface area (Å²) >= 11 is 0. The molecule has 4 heterocycles. The lowest BCUT2D eigenvalue weighted by molar-refractivity contribution is 0.0403. The van der Waals surface area contributed by atoms with Crippen molar-refractivity contribution in [2.24, 2.45) is 5.92 Å². The highest BCUT2D eigenvalue weighted by molar-refractivity contribution is 7.90. The van der Waals surface area contributed by atoms with Crippen LogP contribution in [0.1, 0.15) is 82.7 Å². The summed E-state index contributed by atoms with van der Waals surface area (Å²) in [7, 11) is -3.28. The molecule has 0 N–H and O–H groups in total. The van der Waals surface area contributed by atoms with Gasteiger partial charge in [-0.05, 0) is 118 Å². The number of hydrogen-bond donors (Lipinski definition) is 0. The Labute approximate surface area is 243 Å². The first-order valence-electron chi connectivity index (χ1n) is 15.7. The van der Waals surface area contributed by atoms with Crippen molar-refractivity contribution in [2.75, 3.05) is 25.9 Å². The third kappa shape index (κ3) is 5.25. The van der Waals surface area contributed by atoms with Crippen LogP contribution in [0.2, 0.25) is 0 Å². The molecule has 4 fully saturated rings. The summed E-state index contributed by atoms with van der Waals surface area (Å²) in [5.41, 5.74) is 3.22. The molecule has 1 aromatic heterocycles. The van der Waals surface area contributed by atoms with E-state index in [-0.39, 0.29) is 10.7 Å². The summed E-state index contributed by atoms with van der Waals surface area (Å²) in [4.78, 5) is 10.6. The number of hydrogen-bond acceptors (Lipinski definition) is 5. The Morgan fingerprint density at radius 1 is 0.902 bits per heavy atom. The number of rotatable bonds is 7. The van der Waals surface area contributed by atoms with E-state index in [0.29, 0.717) is 23.5 Å². The van der Waals surface area contributed by atoms with Gasteiger partial charge in [0, 0.05) is 42.5 Å². The largest absolute Gasteiger partial charge is 0.321 e. The second-order valence-electron chi connectivity index (χ2n) is 13.6. The molecule has 0 radical (unpaired) electrons. The van der Waals surface area contributed by atoms with Gasteiger partial charge in [0.2, 0.25) is 0 Å².